The van der Waals surface area contributed by atoms with Crippen LogP contribution in [-0.4, -0.2) is 23.6 Å². The second kappa shape index (κ2) is 6.66. The van der Waals surface area contributed by atoms with Gasteiger partial charge >= 0.3 is 5.97 Å². The molecule has 1 amide bonds. The van der Waals surface area contributed by atoms with Crippen molar-refractivity contribution in [3.63, 3.8) is 0 Å². The number of amides is 1. The number of nitrogens with zero attached hydrogens (tertiary/aromatic N) is 1. The molecule has 2 aromatic heterocycles. The van der Waals surface area contributed by atoms with E-state index in [1.54, 1.807) is 23.5 Å². The number of ether oxygens (including phenoxy) is 1. The Morgan fingerprint density at radius 2 is 2.13 bits per heavy atom. The van der Waals surface area contributed by atoms with Crippen LogP contribution >= 0.6 is 11.3 Å². The van der Waals surface area contributed by atoms with Crippen LogP contribution in [0.1, 0.15) is 15.2 Å². The Morgan fingerprint density at radius 1 is 1.26 bits per heavy atom. The van der Waals surface area contributed by atoms with Crippen molar-refractivity contribution in [1.29, 1.82) is 0 Å². The molecule has 0 atom stereocenters. The Kier molecular flexibility index (Phi) is 4.43. The number of benzene rings is 1. The highest BCUT2D eigenvalue weighted by Crippen LogP contribution is 2.18. The van der Waals surface area contributed by atoms with Gasteiger partial charge in [-0.1, -0.05) is 12.1 Å². The molecular formula is C17H16N2O3S. The smallest absolute Gasteiger partial charge is 0.337 e. The molecule has 0 bridgehead atoms. The first-order chi connectivity index (χ1) is 11.2. The van der Waals surface area contributed by atoms with Crippen LogP contribution in [-0.2, 0) is 22.6 Å². The number of hydrogen-bond acceptors (Lipinski definition) is 4. The fraction of sp³-hybridized carbons (Fsp3) is 0.176. The number of thiophene rings is 1. The molecule has 0 spiro atoms. The monoisotopic (exact) mass is 328 g/mol. The van der Waals surface area contributed by atoms with Crippen molar-refractivity contribution in [2.24, 2.45) is 0 Å². The normalized spacial score (nSPS) is 10.7. The molecule has 0 aliphatic heterocycles. The van der Waals surface area contributed by atoms with Gasteiger partial charge in [0.15, 0.2) is 0 Å². The van der Waals surface area contributed by atoms with Gasteiger partial charge in [-0.15, -0.1) is 11.3 Å². The summed E-state index contributed by atoms with van der Waals surface area (Å²) >= 11 is 1.61. The second-order valence-electron chi connectivity index (χ2n) is 5.06. The molecule has 3 rings (SSSR count). The number of esters is 1. The Morgan fingerprint density at radius 3 is 2.87 bits per heavy atom. The second-order valence-corrected chi connectivity index (χ2v) is 6.10. The van der Waals surface area contributed by atoms with Gasteiger partial charge in [-0.25, -0.2) is 4.79 Å². The third-order valence-corrected chi connectivity index (χ3v) is 4.43. The van der Waals surface area contributed by atoms with E-state index in [1.165, 1.54) is 7.11 Å². The lowest BCUT2D eigenvalue weighted by molar-refractivity contribution is -0.121. The van der Waals surface area contributed by atoms with Gasteiger partial charge in [0.05, 0.1) is 19.2 Å². The Bertz CT molecular complexity index is 837. The number of rotatable bonds is 5. The molecule has 0 unspecified atom stereocenters. The average Bonchev–Trinajstić information content (AvgIpc) is 3.22. The summed E-state index contributed by atoms with van der Waals surface area (Å²) in [6, 6.07) is 11.2. The zero-order chi connectivity index (χ0) is 16.2. The zero-order valence-corrected chi connectivity index (χ0v) is 13.4. The zero-order valence-electron chi connectivity index (χ0n) is 12.6. The highest BCUT2D eigenvalue weighted by Gasteiger charge is 2.10. The van der Waals surface area contributed by atoms with Crippen LogP contribution in [0.4, 0.5) is 0 Å². The third kappa shape index (κ3) is 3.43. The van der Waals surface area contributed by atoms with Crippen molar-refractivity contribution in [2.75, 3.05) is 7.11 Å². The quantitative estimate of drug-likeness (QED) is 0.733. The maximum absolute atomic E-state index is 12.1. The Balaban J connectivity index is 1.74. The molecule has 0 radical (unpaired) electrons. The molecule has 118 valence electrons. The maximum atomic E-state index is 12.1. The van der Waals surface area contributed by atoms with Gasteiger partial charge in [-0.2, -0.15) is 0 Å². The summed E-state index contributed by atoms with van der Waals surface area (Å²) in [5.74, 6) is -0.457. The number of aromatic nitrogens is 1. The van der Waals surface area contributed by atoms with Crippen molar-refractivity contribution in [3.05, 3.63) is 58.4 Å². The molecule has 2 heterocycles. The summed E-state index contributed by atoms with van der Waals surface area (Å²) in [5, 5.41) is 5.85. The minimum absolute atomic E-state index is 0.0700. The first-order valence-electron chi connectivity index (χ1n) is 7.13. The van der Waals surface area contributed by atoms with Crippen molar-refractivity contribution < 1.29 is 14.3 Å². The predicted molar refractivity (Wildman–Crippen MR) is 89.4 cm³/mol. The summed E-state index contributed by atoms with van der Waals surface area (Å²) in [7, 11) is 1.35. The topological polar surface area (TPSA) is 60.3 Å². The van der Waals surface area contributed by atoms with Gasteiger partial charge in [-0.3, -0.25) is 4.79 Å². The minimum atomic E-state index is -0.387. The van der Waals surface area contributed by atoms with Crippen LogP contribution in [0.15, 0.2) is 48.0 Å². The number of carbonyl (C=O) groups is 2. The molecule has 6 heteroatoms. The van der Waals surface area contributed by atoms with Crippen LogP contribution in [0.3, 0.4) is 0 Å². The van der Waals surface area contributed by atoms with E-state index in [0.29, 0.717) is 12.1 Å². The van der Waals surface area contributed by atoms with Crippen LogP contribution in [0.5, 0.6) is 0 Å². The first-order valence-corrected chi connectivity index (χ1v) is 8.01. The number of carbonyl (C=O) groups excluding carboxylic acids is 2. The highest BCUT2D eigenvalue weighted by atomic mass is 32.1. The SMILES string of the molecule is COC(=O)c1ccc2ccn(CC(=O)NCc3cccs3)c2c1. The lowest BCUT2D eigenvalue weighted by atomic mass is 10.1. The molecule has 3 aromatic rings. The van der Waals surface area contributed by atoms with Gasteiger partial charge < -0.3 is 14.6 Å². The van der Waals surface area contributed by atoms with Crippen LogP contribution in [0.25, 0.3) is 10.9 Å². The maximum Gasteiger partial charge on any atom is 0.337 e. The van der Waals surface area contributed by atoms with Gasteiger partial charge in [0, 0.05) is 16.6 Å². The van der Waals surface area contributed by atoms with Crippen LogP contribution < -0.4 is 5.32 Å². The molecular weight excluding hydrogens is 312 g/mol. The number of methoxy groups -OCH3 is 1. The molecule has 0 fully saturated rings. The van der Waals surface area contributed by atoms with Gasteiger partial charge in [0.1, 0.15) is 6.54 Å². The van der Waals surface area contributed by atoms with E-state index in [4.69, 9.17) is 4.74 Å². The number of fused-ring (bicyclic) bond motifs is 1. The van der Waals surface area contributed by atoms with E-state index < -0.39 is 0 Å². The fourth-order valence-electron chi connectivity index (χ4n) is 2.38. The summed E-state index contributed by atoms with van der Waals surface area (Å²) in [6.07, 6.45) is 1.84. The summed E-state index contributed by atoms with van der Waals surface area (Å²) in [6.45, 7) is 0.739. The number of nitrogens with one attached hydrogen (secondary N) is 1. The highest BCUT2D eigenvalue weighted by molar-refractivity contribution is 7.09. The van der Waals surface area contributed by atoms with Gasteiger partial charge in [-0.05, 0) is 35.0 Å². The summed E-state index contributed by atoms with van der Waals surface area (Å²) < 4.78 is 6.56. The molecule has 1 N–H and O–H groups in total. The van der Waals surface area contributed by atoms with Crippen LogP contribution in [0.2, 0.25) is 0 Å². The van der Waals surface area contributed by atoms with Gasteiger partial charge in [0.25, 0.3) is 0 Å². The lowest BCUT2D eigenvalue weighted by Gasteiger charge is -2.07. The summed E-state index contributed by atoms with van der Waals surface area (Å²) in [5.41, 5.74) is 1.30. The van der Waals surface area contributed by atoms with E-state index in [-0.39, 0.29) is 18.4 Å². The molecule has 0 aliphatic carbocycles. The molecule has 1 aromatic carbocycles. The lowest BCUT2D eigenvalue weighted by Crippen LogP contribution is -2.26. The minimum Gasteiger partial charge on any atom is -0.465 e. The largest absolute Gasteiger partial charge is 0.465 e. The van der Waals surface area contributed by atoms with E-state index in [0.717, 1.165) is 15.8 Å². The van der Waals surface area contributed by atoms with E-state index >= 15 is 0 Å². The van der Waals surface area contributed by atoms with Crippen molar-refractivity contribution in [2.45, 2.75) is 13.1 Å². The average molecular weight is 328 g/mol. The predicted octanol–water partition coefficient (Wildman–Crippen LogP) is 2.81. The third-order valence-electron chi connectivity index (χ3n) is 3.55. The molecule has 0 saturated carbocycles. The Hall–Kier alpha value is -2.60. The number of hydrogen-bond donors (Lipinski definition) is 1. The molecule has 0 saturated heterocycles. The molecule has 0 aliphatic rings. The summed E-state index contributed by atoms with van der Waals surface area (Å²) in [4.78, 5) is 24.9. The van der Waals surface area contributed by atoms with E-state index in [2.05, 4.69) is 5.32 Å². The van der Waals surface area contributed by atoms with Gasteiger partial charge in [0.2, 0.25) is 5.91 Å². The van der Waals surface area contributed by atoms with Crippen molar-refractivity contribution in [1.82, 2.24) is 9.88 Å². The van der Waals surface area contributed by atoms with Crippen LogP contribution in [0, 0.1) is 0 Å². The Labute approximate surface area is 137 Å². The van der Waals surface area contributed by atoms with E-state index in [1.807, 2.05) is 40.4 Å². The van der Waals surface area contributed by atoms with Crippen molar-refractivity contribution in [3.8, 4) is 0 Å². The van der Waals surface area contributed by atoms with E-state index in [9.17, 15) is 9.59 Å². The standard InChI is InChI=1S/C17H16N2O3S/c1-22-17(21)13-5-4-12-6-7-19(15(12)9-13)11-16(20)18-10-14-3-2-8-23-14/h2-9H,10-11H2,1H3,(H,18,20). The first kappa shape index (κ1) is 15.3. The van der Waals surface area contributed by atoms with Crippen molar-refractivity contribution >= 4 is 34.1 Å². The fourth-order valence-corrected chi connectivity index (χ4v) is 3.02. The molecule has 23 heavy (non-hydrogen) atoms. The molecule has 5 nitrogen and oxygen atoms in total.